The Morgan fingerprint density at radius 2 is 1.97 bits per heavy atom. The van der Waals surface area contributed by atoms with E-state index in [1.54, 1.807) is 45.6 Å². The predicted molar refractivity (Wildman–Crippen MR) is 123 cm³/mol. The van der Waals surface area contributed by atoms with Crippen molar-refractivity contribution < 1.29 is 4.79 Å². The van der Waals surface area contributed by atoms with Gasteiger partial charge in [0.25, 0.3) is 5.56 Å². The van der Waals surface area contributed by atoms with Crippen LogP contribution in [0.25, 0.3) is 16.7 Å². The summed E-state index contributed by atoms with van der Waals surface area (Å²) in [5, 5.41) is 9.31. The predicted octanol–water partition coefficient (Wildman–Crippen LogP) is 4.56. The molecule has 0 saturated heterocycles. The number of anilines is 1. The summed E-state index contributed by atoms with van der Waals surface area (Å²) in [6, 6.07) is 13.8. The van der Waals surface area contributed by atoms with Crippen LogP contribution in [0.15, 0.2) is 64.7 Å². The van der Waals surface area contributed by atoms with Gasteiger partial charge in [-0.2, -0.15) is 5.10 Å². The Hall–Kier alpha value is -2.81. The zero-order valence-electron chi connectivity index (χ0n) is 16.0. The number of hydrogen-bond donors (Lipinski definition) is 1. The number of rotatable bonds is 4. The lowest BCUT2D eigenvalue weighted by molar-refractivity contribution is -0.116. The Bertz CT molecular complexity index is 1370. The number of fused-ring (bicyclic) bond motifs is 2. The van der Waals surface area contributed by atoms with E-state index in [2.05, 4.69) is 15.4 Å². The number of carbonyl (C=O) groups is 1. The van der Waals surface area contributed by atoms with Crippen LogP contribution in [0.1, 0.15) is 12.5 Å². The molecular formula is C21H15Cl2N5O2S. The van der Waals surface area contributed by atoms with Crippen LogP contribution < -0.4 is 10.9 Å². The zero-order chi connectivity index (χ0) is 21.5. The molecule has 1 amide bonds. The molecule has 2 aromatic carbocycles. The van der Waals surface area contributed by atoms with Gasteiger partial charge in [0.05, 0.1) is 17.9 Å². The zero-order valence-corrected chi connectivity index (χ0v) is 18.3. The van der Waals surface area contributed by atoms with Crippen molar-refractivity contribution in [2.45, 2.75) is 17.6 Å². The summed E-state index contributed by atoms with van der Waals surface area (Å²) in [6.07, 6.45) is 1.67. The molecule has 2 aromatic heterocycles. The van der Waals surface area contributed by atoms with Crippen molar-refractivity contribution in [2.75, 3.05) is 11.1 Å². The van der Waals surface area contributed by atoms with Crippen molar-refractivity contribution in [3.8, 4) is 5.69 Å². The maximum Gasteiger partial charge on any atom is 0.265 e. The summed E-state index contributed by atoms with van der Waals surface area (Å²) in [5.41, 5.74) is 1.66. The number of hydrogen-bond acceptors (Lipinski definition) is 5. The highest BCUT2D eigenvalue weighted by Gasteiger charge is 2.29. The van der Waals surface area contributed by atoms with Gasteiger partial charge in [-0.3, -0.25) is 14.2 Å². The third kappa shape index (κ3) is 3.82. The Kier molecular flexibility index (Phi) is 5.21. The molecule has 0 fully saturated rings. The van der Waals surface area contributed by atoms with Crippen molar-refractivity contribution in [2.24, 2.45) is 0 Å². The van der Waals surface area contributed by atoms with E-state index in [1.165, 1.54) is 18.0 Å². The van der Waals surface area contributed by atoms with Crippen LogP contribution in [0.2, 0.25) is 10.0 Å². The van der Waals surface area contributed by atoms with Crippen LogP contribution in [0, 0.1) is 0 Å². The molecule has 1 atom stereocenters. The van der Waals surface area contributed by atoms with Crippen LogP contribution in [0.5, 0.6) is 0 Å². The third-order valence-electron chi connectivity index (χ3n) is 4.97. The molecule has 0 aliphatic carbocycles. The lowest BCUT2D eigenvalue weighted by Crippen LogP contribution is -2.27. The van der Waals surface area contributed by atoms with Crippen LogP contribution in [-0.4, -0.2) is 31.0 Å². The number of benzene rings is 2. The Labute approximate surface area is 191 Å². The highest BCUT2D eigenvalue weighted by Crippen LogP contribution is 2.33. The smallest absolute Gasteiger partial charge is 0.265 e. The van der Waals surface area contributed by atoms with E-state index in [9.17, 15) is 9.59 Å². The second-order valence-electron chi connectivity index (χ2n) is 7.07. The largest absolute Gasteiger partial charge is 0.326 e. The van der Waals surface area contributed by atoms with Crippen LogP contribution in [0.4, 0.5) is 5.69 Å². The van der Waals surface area contributed by atoms with Gasteiger partial charge in [0.2, 0.25) is 5.91 Å². The standard InChI is InChI=1S/C21H15Cl2N5O2S/c22-12-4-6-15(7-5-12)28-19-17(10-24-28)20(30)27-16(11-31-21(27)26-19)9-18(29)25-14-3-1-2-13(23)8-14/h1-8,10,16H,9,11H2,(H,25,29). The van der Waals surface area contributed by atoms with Gasteiger partial charge in [-0.05, 0) is 42.5 Å². The summed E-state index contributed by atoms with van der Waals surface area (Å²) in [7, 11) is 0. The third-order valence-corrected chi connectivity index (χ3v) is 6.56. The maximum atomic E-state index is 13.2. The number of nitrogens with one attached hydrogen (secondary N) is 1. The fourth-order valence-electron chi connectivity index (χ4n) is 3.54. The molecule has 5 rings (SSSR count). The summed E-state index contributed by atoms with van der Waals surface area (Å²) in [4.78, 5) is 30.4. The van der Waals surface area contributed by atoms with Crippen molar-refractivity contribution >= 4 is 57.6 Å². The van der Waals surface area contributed by atoms with Gasteiger partial charge < -0.3 is 5.32 Å². The molecular weight excluding hydrogens is 457 g/mol. The van der Waals surface area contributed by atoms with E-state index in [-0.39, 0.29) is 23.9 Å². The first-order chi connectivity index (χ1) is 15.0. The Morgan fingerprint density at radius 1 is 1.16 bits per heavy atom. The number of aromatic nitrogens is 4. The van der Waals surface area contributed by atoms with Gasteiger partial charge in [-0.1, -0.05) is 41.0 Å². The Morgan fingerprint density at radius 3 is 2.74 bits per heavy atom. The van der Waals surface area contributed by atoms with E-state index in [1.807, 2.05) is 12.1 Å². The highest BCUT2D eigenvalue weighted by atomic mass is 35.5. The molecule has 31 heavy (non-hydrogen) atoms. The molecule has 0 radical (unpaired) electrons. The fraction of sp³-hybridized carbons (Fsp3) is 0.143. The summed E-state index contributed by atoms with van der Waals surface area (Å²) < 4.78 is 3.21. The number of carbonyl (C=O) groups excluding carboxylic acids is 1. The maximum absolute atomic E-state index is 13.2. The number of nitrogens with zero attached hydrogens (tertiary/aromatic N) is 4. The molecule has 10 heteroatoms. The highest BCUT2D eigenvalue weighted by molar-refractivity contribution is 7.99. The van der Waals surface area contributed by atoms with Gasteiger partial charge in [0.1, 0.15) is 5.39 Å². The first kappa shape index (κ1) is 20.1. The molecule has 0 spiro atoms. The van der Waals surface area contributed by atoms with Crippen LogP contribution in [-0.2, 0) is 4.79 Å². The molecule has 0 saturated carbocycles. The van der Waals surface area contributed by atoms with E-state index >= 15 is 0 Å². The minimum absolute atomic E-state index is 0.158. The fourth-order valence-corrected chi connectivity index (χ4v) is 4.99. The van der Waals surface area contributed by atoms with E-state index in [0.717, 1.165) is 5.69 Å². The average molecular weight is 472 g/mol. The van der Waals surface area contributed by atoms with Crippen LogP contribution >= 0.6 is 35.0 Å². The van der Waals surface area contributed by atoms with Gasteiger partial charge in [-0.25, -0.2) is 9.67 Å². The quantitative estimate of drug-likeness (QED) is 0.441. The van der Waals surface area contributed by atoms with Crippen molar-refractivity contribution in [3.05, 3.63) is 75.1 Å². The van der Waals surface area contributed by atoms with Crippen LogP contribution in [0.3, 0.4) is 0 Å². The molecule has 1 aliphatic heterocycles. The lowest BCUT2D eigenvalue weighted by Gasteiger charge is -2.13. The van der Waals surface area contributed by atoms with Gasteiger partial charge in [0, 0.05) is 27.9 Å². The molecule has 1 unspecified atom stereocenters. The first-order valence-electron chi connectivity index (χ1n) is 9.44. The normalized spacial score (nSPS) is 15.2. The molecule has 156 valence electrons. The van der Waals surface area contributed by atoms with Crippen molar-refractivity contribution in [3.63, 3.8) is 0 Å². The average Bonchev–Trinajstić information content (AvgIpc) is 3.34. The minimum atomic E-state index is -0.289. The number of halogens is 2. The Balaban J connectivity index is 1.44. The molecule has 3 heterocycles. The molecule has 7 nitrogen and oxygen atoms in total. The SMILES string of the molecule is O=C(CC1CSc2nc3c(cnn3-c3ccc(Cl)cc3)c(=O)n21)Nc1cccc(Cl)c1. The van der Waals surface area contributed by atoms with Crippen molar-refractivity contribution in [1.82, 2.24) is 19.3 Å². The summed E-state index contributed by atoms with van der Waals surface area (Å²) >= 11 is 13.4. The molecule has 1 N–H and O–H groups in total. The molecule has 4 aromatic rings. The number of thioether (sulfide) groups is 1. The van der Waals surface area contributed by atoms with Gasteiger partial charge >= 0.3 is 0 Å². The monoisotopic (exact) mass is 471 g/mol. The van der Waals surface area contributed by atoms with Gasteiger partial charge in [0.15, 0.2) is 10.8 Å². The second kappa shape index (κ2) is 8.03. The lowest BCUT2D eigenvalue weighted by atomic mass is 10.2. The minimum Gasteiger partial charge on any atom is -0.326 e. The summed E-state index contributed by atoms with van der Waals surface area (Å²) in [5.74, 6) is 0.399. The molecule has 1 aliphatic rings. The van der Waals surface area contributed by atoms with Gasteiger partial charge in [-0.15, -0.1) is 0 Å². The summed E-state index contributed by atoms with van der Waals surface area (Å²) in [6.45, 7) is 0. The second-order valence-corrected chi connectivity index (χ2v) is 8.93. The molecule has 0 bridgehead atoms. The number of amides is 1. The topological polar surface area (TPSA) is 81.8 Å². The van der Waals surface area contributed by atoms with E-state index < -0.39 is 0 Å². The van der Waals surface area contributed by atoms with E-state index in [0.29, 0.717) is 37.7 Å². The van der Waals surface area contributed by atoms with Crippen molar-refractivity contribution in [1.29, 1.82) is 0 Å². The van der Waals surface area contributed by atoms with E-state index in [4.69, 9.17) is 23.2 Å². The first-order valence-corrected chi connectivity index (χ1v) is 11.2.